The first kappa shape index (κ1) is 33.9. The first-order valence-corrected chi connectivity index (χ1v) is 13.4. The van der Waals surface area contributed by atoms with Crippen molar-refractivity contribution in [1.29, 1.82) is 0 Å². The van der Waals surface area contributed by atoms with E-state index in [-0.39, 0.29) is 37.7 Å². The molecule has 5 unspecified atom stereocenters. The maximum absolute atomic E-state index is 13.1. The quantitative estimate of drug-likeness (QED) is 0.0528. The number of rotatable bonds is 19. The van der Waals surface area contributed by atoms with E-state index in [0.29, 0.717) is 18.6 Å². The molecule has 0 aromatic heterocycles. The Hall–Kier alpha value is -3.07. The van der Waals surface area contributed by atoms with Gasteiger partial charge in [0.15, 0.2) is 5.96 Å². The molecule has 0 saturated heterocycles. The summed E-state index contributed by atoms with van der Waals surface area (Å²) in [5.74, 6) is -4.45. The second-order valence-corrected chi connectivity index (χ2v) is 9.58. The summed E-state index contributed by atoms with van der Waals surface area (Å²) in [4.78, 5) is 65.1. The number of carbonyl (C=O) groups excluding carboxylic acids is 3. The number of hydrogen-bond acceptors (Lipinski definition) is 8. The van der Waals surface area contributed by atoms with E-state index in [0.717, 1.165) is 0 Å². The Bertz CT molecular complexity index is 808. The van der Waals surface area contributed by atoms with E-state index >= 15 is 0 Å². The van der Waals surface area contributed by atoms with Gasteiger partial charge in [-0.15, -0.1) is 0 Å². The molecular formula is C22H41N7O7S. The third-order valence-electron chi connectivity index (χ3n) is 5.64. The molecule has 37 heavy (non-hydrogen) atoms. The van der Waals surface area contributed by atoms with Crippen LogP contribution in [-0.2, 0) is 24.0 Å². The Morgan fingerprint density at radius 2 is 1.43 bits per heavy atom. The van der Waals surface area contributed by atoms with Crippen LogP contribution in [0.5, 0.6) is 0 Å². The monoisotopic (exact) mass is 547 g/mol. The van der Waals surface area contributed by atoms with Gasteiger partial charge >= 0.3 is 11.9 Å². The number of carboxylic acid groups (broad SMARTS) is 2. The molecule has 0 aliphatic heterocycles. The lowest BCUT2D eigenvalue weighted by molar-refractivity contribution is -0.143. The number of amides is 3. The van der Waals surface area contributed by atoms with Crippen molar-refractivity contribution in [2.75, 3.05) is 18.6 Å². The van der Waals surface area contributed by atoms with Crippen molar-refractivity contribution in [3.8, 4) is 0 Å². The van der Waals surface area contributed by atoms with Crippen LogP contribution in [0.3, 0.4) is 0 Å². The Morgan fingerprint density at radius 3 is 1.92 bits per heavy atom. The molecule has 212 valence electrons. The van der Waals surface area contributed by atoms with E-state index in [1.54, 1.807) is 13.2 Å². The van der Waals surface area contributed by atoms with Gasteiger partial charge in [0.25, 0.3) is 0 Å². The molecule has 0 aliphatic rings. The maximum atomic E-state index is 13.1. The maximum Gasteiger partial charge on any atom is 0.326 e. The number of carbonyl (C=O) groups is 5. The van der Waals surface area contributed by atoms with Crippen LogP contribution in [0.25, 0.3) is 0 Å². The first-order valence-electron chi connectivity index (χ1n) is 12.0. The first-order chi connectivity index (χ1) is 17.3. The molecule has 11 N–H and O–H groups in total. The molecule has 0 spiro atoms. The van der Waals surface area contributed by atoms with Crippen molar-refractivity contribution in [3.05, 3.63) is 0 Å². The number of nitrogens with one attached hydrogen (secondary N) is 3. The molecule has 0 fully saturated rings. The molecule has 0 saturated carbocycles. The second-order valence-electron chi connectivity index (χ2n) is 8.60. The summed E-state index contributed by atoms with van der Waals surface area (Å²) in [6, 6.07) is -4.56. The zero-order valence-corrected chi connectivity index (χ0v) is 22.4. The average molecular weight is 548 g/mol. The minimum absolute atomic E-state index is 0.0975. The lowest BCUT2D eigenvalue weighted by Gasteiger charge is -2.26. The van der Waals surface area contributed by atoms with Crippen molar-refractivity contribution in [1.82, 2.24) is 16.0 Å². The number of nitrogens with two attached hydrogens (primary N) is 3. The Labute approximate surface area is 220 Å². The predicted octanol–water partition coefficient (Wildman–Crippen LogP) is -1.43. The van der Waals surface area contributed by atoms with Gasteiger partial charge in [-0.3, -0.25) is 24.2 Å². The predicted molar refractivity (Wildman–Crippen MR) is 141 cm³/mol. The van der Waals surface area contributed by atoms with E-state index in [1.165, 1.54) is 11.8 Å². The van der Waals surface area contributed by atoms with E-state index in [9.17, 15) is 29.1 Å². The number of guanidine groups is 1. The van der Waals surface area contributed by atoms with E-state index in [4.69, 9.17) is 22.3 Å². The lowest BCUT2D eigenvalue weighted by atomic mass is 9.98. The summed E-state index contributed by atoms with van der Waals surface area (Å²) in [5, 5.41) is 25.9. The van der Waals surface area contributed by atoms with Gasteiger partial charge in [0, 0.05) is 13.0 Å². The van der Waals surface area contributed by atoms with Gasteiger partial charge in [0.05, 0.1) is 6.04 Å². The van der Waals surface area contributed by atoms with Crippen LogP contribution in [-0.4, -0.2) is 88.6 Å². The van der Waals surface area contributed by atoms with Gasteiger partial charge in [0.1, 0.15) is 18.1 Å². The Kier molecular flexibility index (Phi) is 16.7. The van der Waals surface area contributed by atoms with Gasteiger partial charge in [0.2, 0.25) is 17.7 Å². The number of aliphatic carboxylic acids is 2. The smallest absolute Gasteiger partial charge is 0.326 e. The van der Waals surface area contributed by atoms with Gasteiger partial charge in [-0.1, -0.05) is 20.3 Å². The van der Waals surface area contributed by atoms with Crippen molar-refractivity contribution in [2.45, 2.75) is 76.5 Å². The van der Waals surface area contributed by atoms with Crippen LogP contribution >= 0.6 is 11.8 Å². The molecule has 0 aromatic carbocycles. The third-order valence-corrected chi connectivity index (χ3v) is 6.29. The second kappa shape index (κ2) is 18.2. The molecule has 0 aromatic rings. The molecule has 14 nitrogen and oxygen atoms in total. The molecular weight excluding hydrogens is 506 g/mol. The van der Waals surface area contributed by atoms with Crippen LogP contribution in [0.4, 0.5) is 0 Å². The van der Waals surface area contributed by atoms with Crippen LogP contribution in [0.1, 0.15) is 52.4 Å². The van der Waals surface area contributed by atoms with Crippen molar-refractivity contribution in [3.63, 3.8) is 0 Å². The van der Waals surface area contributed by atoms with E-state index in [1.807, 2.05) is 6.92 Å². The van der Waals surface area contributed by atoms with E-state index in [2.05, 4.69) is 20.9 Å². The van der Waals surface area contributed by atoms with Crippen LogP contribution in [0.2, 0.25) is 0 Å². The van der Waals surface area contributed by atoms with Crippen molar-refractivity contribution in [2.24, 2.45) is 28.1 Å². The molecule has 0 radical (unpaired) electrons. The lowest BCUT2D eigenvalue weighted by Crippen LogP contribution is -2.57. The van der Waals surface area contributed by atoms with Crippen LogP contribution in [0, 0.1) is 5.92 Å². The summed E-state index contributed by atoms with van der Waals surface area (Å²) in [6.45, 7) is 3.84. The van der Waals surface area contributed by atoms with Crippen molar-refractivity contribution >= 4 is 47.4 Å². The Morgan fingerprint density at radius 1 is 0.892 bits per heavy atom. The SMILES string of the molecule is CCC(C)C(N)C(=O)NC(CCCN=C(N)N)C(=O)NC(CCC(=O)O)C(=O)NC(CCSC)C(=O)O. The Balaban J connectivity index is 5.69. The normalized spacial score (nSPS) is 14.8. The summed E-state index contributed by atoms with van der Waals surface area (Å²) in [6.07, 6.45) is 2.21. The van der Waals surface area contributed by atoms with Crippen LogP contribution < -0.4 is 33.2 Å². The molecule has 0 rings (SSSR count). The van der Waals surface area contributed by atoms with Gasteiger partial charge < -0.3 is 43.4 Å². The fourth-order valence-corrected chi connectivity index (χ4v) is 3.60. The summed E-state index contributed by atoms with van der Waals surface area (Å²) in [5.41, 5.74) is 16.6. The number of carboxylic acids is 2. The minimum Gasteiger partial charge on any atom is -0.481 e. The number of thioether (sulfide) groups is 1. The molecule has 15 heteroatoms. The molecule has 0 aliphatic carbocycles. The highest BCUT2D eigenvalue weighted by Gasteiger charge is 2.31. The zero-order valence-electron chi connectivity index (χ0n) is 21.6. The minimum atomic E-state index is -1.35. The summed E-state index contributed by atoms with van der Waals surface area (Å²) < 4.78 is 0. The van der Waals surface area contributed by atoms with Gasteiger partial charge in [-0.05, 0) is 43.6 Å². The highest BCUT2D eigenvalue weighted by Crippen LogP contribution is 2.09. The van der Waals surface area contributed by atoms with E-state index < -0.39 is 60.2 Å². The number of aliphatic imine (C=N–C) groups is 1. The highest BCUT2D eigenvalue weighted by molar-refractivity contribution is 7.98. The van der Waals surface area contributed by atoms with Crippen LogP contribution in [0.15, 0.2) is 4.99 Å². The fourth-order valence-electron chi connectivity index (χ4n) is 3.13. The fraction of sp³-hybridized carbons (Fsp3) is 0.727. The number of hydrogen-bond donors (Lipinski definition) is 8. The van der Waals surface area contributed by atoms with Crippen molar-refractivity contribution < 1.29 is 34.2 Å². The third kappa shape index (κ3) is 14.3. The zero-order chi connectivity index (χ0) is 28.5. The van der Waals surface area contributed by atoms with Gasteiger partial charge in [-0.25, -0.2) is 4.79 Å². The largest absolute Gasteiger partial charge is 0.481 e. The summed E-state index contributed by atoms with van der Waals surface area (Å²) >= 11 is 1.40. The van der Waals surface area contributed by atoms with Gasteiger partial charge in [-0.2, -0.15) is 11.8 Å². The highest BCUT2D eigenvalue weighted by atomic mass is 32.2. The molecule has 5 atom stereocenters. The molecule has 0 heterocycles. The standard InChI is InChI=1S/C22H41N7O7S/c1-4-12(2)17(23)20(34)28-13(6-5-10-26-22(24)25)18(32)27-14(7-8-16(30)31)19(33)29-15(21(35)36)9-11-37-3/h12-15,17H,4-11,23H2,1-3H3,(H,27,32)(H,28,34)(H,29,33)(H,30,31)(H,35,36)(H4,24,25,26). The molecule has 3 amide bonds. The summed E-state index contributed by atoms with van der Waals surface area (Å²) in [7, 11) is 0. The topological polar surface area (TPSA) is 252 Å². The molecule has 0 bridgehead atoms. The number of nitrogens with zero attached hydrogens (tertiary/aromatic N) is 1. The average Bonchev–Trinajstić information content (AvgIpc) is 2.83.